The summed E-state index contributed by atoms with van der Waals surface area (Å²) >= 11 is 0. The third-order valence-electron chi connectivity index (χ3n) is 3.26. The fraction of sp³-hybridized carbons (Fsp3) is 0.167. The lowest BCUT2D eigenvalue weighted by Crippen LogP contribution is -2.34. The first kappa shape index (κ1) is 18.0. The summed E-state index contributed by atoms with van der Waals surface area (Å²) < 4.78 is 14.9. The number of carbonyl (C=O) groups is 3. The molecule has 0 aliphatic carbocycles. The van der Waals surface area contributed by atoms with Crippen LogP contribution in [0.1, 0.15) is 20.7 Å². The van der Waals surface area contributed by atoms with Crippen LogP contribution in [0.25, 0.3) is 0 Å². The molecule has 2 amide bonds. The number of methoxy groups -OCH3 is 2. The third kappa shape index (κ3) is 4.81. The minimum absolute atomic E-state index is 0.208. The molecule has 0 aliphatic heterocycles. The van der Waals surface area contributed by atoms with E-state index >= 15 is 0 Å². The molecule has 0 spiro atoms. The molecule has 0 bridgehead atoms. The van der Waals surface area contributed by atoms with Gasteiger partial charge >= 0.3 is 5.97 Å². The van der Waals surface area contributed by atoms with Crippen molar-refractivity contribution in [3.05, 3.63) is 59.7 Å². The zero-order chi connectivity index (χ0) is 18.2. The Balaban J connectivity index is 1.89. The first-order valence-electron chi connectivity index (χ1n) is 7.33. The second kappa shape index (κ2) is 8.49. The summed E-state index contributed by atoms with van der Waals surface area (Å²) in [6.45, 7) is -0.578. The van der Waals surface area contributed by atoms with E-state index in [1.165, 1.54) is 32.4 Å². The summed E-state index contributed by atoms with van der Waals surface area (Å²) in [7, 11) is 2.93. The highest BCUT2D eigenvalue weighted by Crippen LogP contribution is 2.16. The number of ether oxygens (including phenoxy) is 3. The molecule has 25 heavy (non-hydrogen) atoms. The molecule has 0 atom stereocenters. The summed E-state index contributed by atoms with van der Waals surface area (Å²) in [5, 5.41) is 2.14. The summed E-state index contributed by atoms with van der Waals surface area (Å²) in [5.41, 5.74) is 0.476. The average Bonchev–Trinajstić information content (AvgIpc) is 2.66. The van der Waals surface area contributed by atoms with Gasteiger partial charge < -0.3 is 14.2 Å². The Hall–Kier alpha value is -3.35. The molecule has 0 saturated heterocycles. The summed E-state index contributed by atoms with van der Waals surface area (Å²) in [4.78, 5) is 35.7. The number of para-hydroxylation sites is 1. The molecule has 130 valence electrons. The molecule has 1 N–H and O–H groups in total. The van der Waals surface area contributed by atoms with E-state index in [2.05, 4.69) is 5.32 Å². The van der Waals surface area contributed by atoms with Gasteiger partial charge in [-0.05, 0) is 36.4 Å². The van der Waals surface area contributed by atoms with E-state index in [1.54, 1.807) is 30.3 Å². The number of rotatable bonds is 6. The highest BCUT2D eigenvalue weighted by atomic mass is 16.5. The van der Waals surface area contributed by atoms with Crippen molar-refractivity contribution in [3.8, 4) is 11.5 Å². The van der Waals surface area contributed by atoms with Crippen molar-refractivity contribution in [2.75, 3.05) is 20.8 Å². The highest BCUT2D eigenvalue weighted by Gasteiger charge is 2.16. The number of esters is 1. The fourth-order valence-electron chi connectivity index (χ4n) is 2.00. The van der Waals surface area contributed by atoms with Crippen LogP contribution in [0.2, 0.25) is 0 Å². The topological polar surface area (TPSA) is 90.9 Å². The van der Waals surface area contributed by atoms with Gasteiger partial charge in [0.05, 0.1) is 25.3 Å². The highest BCUT2D eigenvalue weighted by molar-refractivity contribution is 6.07. The minimum Gasteiger partial charge on any atom is -0.497 e. The summed E-state index contributed by atoms with van der Waals surface area (Å²) in [6.07, 6.45) is 0. The van der Waals surface area contributed by atoms with Crippen LogP contribution in [0.5, 0.6) is 11.5 Å². The number of imide groups is 1. The van der Waals surface area contributed by atoms with Crippen LogP contribution >= 0.6 is 0 Å². The van der Waals surface area contributed by atoms with Gasteiger partial charge in [-0.1, -0.05) is 12.1 Å². The van der Waals surface area contributed by atoms with Gasteiger partial charge in [0.1, 0.15) is 11.5 Å². The molecule has 0 unspecified atom stereocenters. The minimum atomic E-state index is -0.738. The van der Waals surface area contributed by atoms with E-state index < -0.39 is 24.4 Å². The van der Waals surface area contributed by atoms with Crippen LogP contribution < -0.4 is 14.8 Å². The van der Waals surface area contributed by atoms with Crippen LogP contribution in [0.15, 0.2) is 48.5 Å². The summed E-state index contributed by atoms with van der Waals surface area (Å²) in [5.74, 6) is -1.12. The lowest BCUT2D eigenvalue weighted by molar-refractivity contribution is -0.123. The number of nitrogens with one attached hydrogen (secondary N) is 1. The van der Waals surface area contributed by atoms with E-state index in [9.17, 15) is 14.4 Å². The lowest BCUT2D eigenvalue weighted by atomic mass is 10.2. The van der Waals surface area contributed by atoms with Gasteiger partial charge in [-0.15, -0.1) is 0 Å². The van der Waals surface area contributed by atoms with Gasteiger partial charge in [0.25, 0.3) is 11.8 Å². The molecule has 0 fully saturated rings. The zero-order valence-corrected chi connectivity index (χ0v) is 13.8. The predicted octanol–water partition coefficient (Wildman–Crippen LogP) is 1.82. The normalized spacial score (nSPS) is 9.84. The van der Waals surface area contributed by atoms with Gasteiger partial charge in [0, 0.05) is 0 Å². The molecule has 0 saturated carbocycles. The molecular weight excluding hydrogens is 326 g/mol. The molecule has 0 heterocycles. The van der Waals surface area contributed by atoms with Crippen molar-refractivity contribution in [1.82, 2.24) is 5.32 Å². The van der Waals surface area contributed by atoms with Gasteiger partial charge in [0.15, 0.2) is 6.61 Å². The number of carbonyl (C=O) groups excluding carboxylic acids is 3. The molecular formula is C18H17NO6. The molecule has 2 aromatic carbocycles. The van der Waals surface area contributed by atoms with Crippen LogP contribution in [-0.2, 0) is 9.53 Å². The molecule has 2 aromatic rings. The van der Waals surface area contributed by atoms with Gasteiger partial charge in [-0.3, -0.25) is 14.9 Å². The first-order valence-corrected chi connectivity index (χ1v) is 7.33. The number of hydrogen-bond acceptors (Lipinski definition) is 6. The maximum Gasteiger partial charge on any atom is 0.338 e. The van der Waals surface area contributed by atoms with E-state index in [1.807, 2.05) is 0 Å². The third-order valence-corrected chi connectivity index (χ3v) is 3.26. The largest absolute Gasteiger partial charge is 0.497 e. The van der Waals surface area contributed by atoms with Crippen molar-refractivity contribution >= 4 is 17.8 Å². The maximum atomic E-state index is 12.1. The Morgan fingerprint density at radius 3 is 2.24 bits per heavy atom. The molecule has 0 aliphatic rings. The Morgan fingerprint density at radius 1 is 0.920 bits per heavy atom. The predicted molar refractivity (Wildman–Crippen MR) is 88.7 cm³/mol. The summed E-state index contributed by atoms with van der Waals surface area (Å²) in [6, 6.07) is 12.7. The van der Waals surface area contributed by atoms with E-state index in [0.29, 0.717) is 11.5 Å². The Labute approximate surface area is 144 Å². The van der Waals surface area contributed by atoms with E-state index in [0.717, 1.165) is 0 Å². The number of hydrogen-bond donors (Lipinski definition) is 1. The Morgan fingerprint density at radius 2 is 1.60 bits per heavy atom. The molecule has 7 nitrogen and oxygen atoms in total. The van der Waals surface area contributed by atoms with Crippen molar-refractivity contribution < 1.29 is 28.6 Å². The van der Waals surface area contributed by atoms with Gasteiger partial charge in [0.2, 0.25) is 0 Å². The van der Waals surface area contributed by atoms with Crippen LogP contribution in [-0.4, -0.2) is 38.6 Å². The van der Waals surface area contributed by atoms with E-state index in [4.69, 9.17) is 14.2 Å². The maximum absolute atomic E-state index is 12.1. The standard InChI is InChI=1S/C18H17NO6/c1-23-13-9-7-12(8-10-13)18(22)25-11-16(20)19-17(21)14-5-3-4-6-15(14)24-2/h3-10H,11H2,1-2H3,(H,19,20,21). The van der Waals surface area contributed by atoms with Gasteiger partial charge in [-0.25, -0.2) is 4.79 Å². The van der Waals surface area contributed by atoms with Crippen LogP contribution in [0.4, 0.5) is 0 Å². The molecule has 0 aromatic heterocycles. The van der Waals surface area contributed by atoms with E-state index in [-0.39, 0.29) is 11.1 Å². The van der Waals surface area contributed by atoms with Crippen molar-refractivity contribution in [1.29, 1.82) is 0 Å². The van der Waals surface area contributed by atoms with Crippen molar-refractivity contribution in [2.45, 2.75) is 0 Å². The van der Waals surface area contributed by atoms with Crippen molar-refractivity contribution in [3.63, 3.8) is 0 Å². The average molecular weight is 343 g/mol. The fourth-order valence-corrected chi connectivity index (χ4v) is 2.00. The van der Waals surface area contributed by atoms with Gasteiger partial charge in [-0.2, -0.15) is 0 Å². The zero-order valence-electron chi connectivity index (χ0n) is 13.8. The second-order valence-corrected chi connectivity index (χ2v) is 4.88. The molecule has 7 heteroatoms. The monoisotopic (exact) mass is 343 g/mol. The SMILES string of the molecule is COc1ccc(C(=O)OCC(=O)NC(=O)c2ccccc2OC)cc1. The number of benzene rings is 2. The number of amides is 2. The second-order valence-electron chi connectivity index (χ2n) is 4.88. The van der Waals surface area contributed by atoms with Crippen LogP contribution in [0, 0.1) is 0 Å². The van der Waals surface area contributed by atoms with Crippen LogP contribution in [0.3, 0.4) is 0 Å². The first-order chi connectivity index (χ1) is 12.0. The molecule has 2 rings (SSSR count). The Kier molecular flexibility index (Phi) is 6.11. The van der Waals surface area contributed by atoms with Crippen molar-refractivity contribution in [2.24, 2.45) is 0 Å². The quantitative estimate of drug-likeness (QED) is 0.805. The lowest BCUT2D eigenvalue weighted by Gasteiger charge is -2.09. The molecule has 0 radical (unpaired) electrons. The smallest absolute Gasteiger partial charge is 0.338 e. The Bertz CT molecular complexity index is 769.